The van der Waals surface area contributed by atoms with Gasteiger partial charge in [-0.15, -0.1) is 0 Å². The standard InChI is InChI=1S/C53H100O6/c1-4-7-10-13-16-19-21-23-24-25-26-27-28-29-31-32-34-37-40-43-46-52(55)58-49-50(48-57-51(54)45-42-39-36-18-15-12-9-6-3)59-53(56)47-44-41-38-35-33-30-22-20-17-14-11-8-5-2/h20,22,50H,4-19,21,23-49H2,1-3H3/b22-20-. The molecule has 0 amide bonds. The highest BCUT2D eigenvalue weighted by molar-refractivity contribution is 5.71. The van der Waals surface area contributed by atoms with Gasteiger partial charge in [-0.2, -0.15) is 0 Å². The highest BCUT2D eigenvalue weighted by atomic mass is 16.6. The largest absolute Gasteiger partial charge is 0.462 e. The fraction of sp³-hybridized carbons (Fsp3) is 0.906. The van der Waals surface area contributed by atoms with Crippen LogP contribution in [0.4, 0.5) is 0 Å². The van der Waals surface area contributed by atoms with Gasteiger partial charge in [0.15, 0.2) is 6.10 Å². The van der Waals surface area contributed by atoms with Crippen LogP contribution in [0.1, 0.15) is 290 Å². The summed E-state index contributed by atoms with van der Waals surface area (Å²) >= 11 is 0. The van der Waals surface area contributed by atoms with Crippen molar-refractivity contribution in [2.75, 3.05) is 13.2 Å². The minimum absolute atomic E-state index is 0.0685. The summed E-state index contributed by atoms with van der Waals surface area (Å²) < 4.78 is 16.7. The summed E-state index contributed by atoms with van der Waals surface area (Å²) in [5.74, 6) is -0.866. The Balaban J connectivity index is 4.19. The molecular formula is C53H100O6. The lowest BCUT2D eigenvalue weighted by atomic mass is 10.0. The predicted octanol–water partition coefficient (Wildman–Crippen LogP) is 17.0. The zero-order valence-electron chi connectivity index (χ0n) is 39.8. The third-order valence-electron chi connectivity index (χ3n) is 11.8. The lowest BCUT2D eigenvalue weighted by Crippen LogP contribution is -2.30. The van der Waals surface area contributed by atoms with Crippen LogP contribution < -0.4 is 0 Å². The van der Waals surface area contributed by atoms with Gasteiger partial charge in [0.1, 0.15) is 13.2 Å². The van der Waals surface area contributed by atoms with E-state index in [0.29, 0.717) is 19.3 Å². The first-order valence-corrected chi connectivity index (χ1v) is 26.2. The van der Waals surface area contributed by atoms with Crippen LogP contribution in [0.25, 0.3) is 0 Å². The summed E-state index contributed by atoms with van der Waals surface area (Å²) in [4.78, 5) is 37.8. The van der Waals surface area contributed by atoms with Crippen molar-refractivity contribution < 1.29 is 28.6 Å². The second-order valence-electron chi connectivity index (χ2n) is 17.8. The smallest absolute Gasteiger partial charge is 0.306 e. The monoisotopic (exact) mass is 833 g/mol. The second-order valence-corrected chi connectivity index (χ2v) is 17.8. The Hall–Kier alpha value is -1.85. The van der Waals surface area contributed by atoms with Crippen LogP contribution in [0.3, 0.4) is 0 Å². The first-order chi connectivity index (χ1) is 29.0. The van der Waals surface area contributed by atoms with Gasteiger partial charge in [-0.25, -0.2) is 0 Å². The molecule has 0 aliphatic heterocycles. The minimum atomic E-state index is -0.766. The number of carbonyl (C=O) groups excluding carboxylic acids is 3. The first-order valence-electron chi connectivity index (χ1n) is 26.2. The number of allylic oxidation sites excluding steroid dienone is 2. The van der Waals surface area contributed by atoms with E-state index in [9.17, 15) is 14.4 Å². The number of rotatable bonds is 48. The third kappa shape index (κ3) is 47.1. The summed E-state index contributed by atoms with van der Waals surface area (Å²) in [7, 11) is 0. The highest BCUT2D eigenvalue weighted by Gasteiger charge is 2.19. The quantitative estimate of drug-likeness (QED) is 0.0263. The number of hydrogen-bond donors (Lipinski definition) is 0. The molecular weight excluding hydrogens is 733 g/mol. The number of unbranched alkanes of at least 4 members (excludes halogenated alkanes) is 35. The molecule has 0 aliphatic rings. The molecule has 0 bridgehead atoms. The van der Waals surface area contributed by atoms with Crippen molar-refractivity contribution in [1.82, 2.24) is 0 Å². The van der Waals surface area contributed by atoms with Gasteiger partial charge in [0.25, 0.3) is 0 Å². The van der Waals surface area contributed by atoms with Crippen LogP contribution in [0.2, 0.25) is 0 Å². The van der Waals surface area contributed by atoms with E-state index in [1.54, 1.807) is 0 Å². The molecule has 0 radical (unpaired) electrons. The Morgan fingerprint density at radius 3 is 0.864 bits per heavy atom. The topological polar surface area (TPSA) is 78.9 Å². The van der Waals surface area contributed by atoms with Crippen molar-refractivity contribution >= 4 is 17.9 Å². The summed E-state index contributed by atoms with van der Waals surface area (Å²) in [5.41, 5.74) is 0. The van der Waals surface area contributed by atoms with Gasteiger partial charge in [0, 0.05) is 19.3 Å². The van der Waals surface area contributed by atoms with Gasteiger partial charge in [-0.1, -0.05) is 238 Å². The fourth-order valence-corrected chi connectivity index (χ4v) is 7.79. The fourth-order valence-electron chi connectivity index (χ4n) is 7.79. The Kier molecular flexibility index (Phi) is 47.3. The van der Waals surface area contributed by atoms with Crippen molar-refractivity contribution in [1.29, 1.82) is 0 Å². The average molecular weight is 833 g/mol. The van der Waals surface area contributed by atoms with Crippen LogP contribution in [0, 0.1) is 0 Å². The summed E-state index contributed by atoms with van der Waals surface area (Å²) in [6.45, 7) is 6.62. The van der Waals surface area contributed by atoms with Crippen molar-refractivity contribution in [3.8, 4) is 0 Å². The molecule has 59 heavy (non-hydrogen) atoms. The van der Waals surface area contributed by atoms with Crippen molar-refractivity contribution in [2.45, 2.75) is 297 Å². The van der Waals surface area contributed by atoms with Crippen LogP contribution in [-0.4, -0.2) is 37.2 Å². The zero-order valence-corrected chi connectivity index (χ0v) is 39.8. The molecule has 0 aromatic rings. The average Bonchev–Trinajstić information content (AvgIpc) is 3.23. The molecule has 0 saturated heterocycles. The van der Waals surface area contributed by atoms with E-state index in [1.165, 1.54) is 186 Å². The van der Waals surface area contributed by atoms with Crippen LogP contribution in [0.5, 0.6) is 0 Å². The van der Waals surface area contributed by atoms with Gasteiger partial charge in [-0.3, -0.25) is 14.4 Å². The van der Waals surface area contributed by atoms with Crippen LogP contribution >= 0.6 is 0 Å². The molecule has 6 heteroatoms. The van der Waals surface area contributed by atoms with Crippen molar-refractivity contribution in [3.05, 3.63) is 12.2 Å². The number of esters is 3. The maximum absolute atomic E-state index is 12.7. The van der Waals surface area contributed by atoms with Crippen LogP contribution in [-0.2, 0) is 28.6 Å². The molecule has 0 saturated carbocycles. The van der Waals surface area contributed by atoms with Gasteiger partial charge >= 0.3 is 17.9 Å². The van der Waals surface area contributed by atoms with Gasteiger partial charge < -0.3 is 14.2 Å². The molecule has 6 nitrogen and oxygen atoms in total. The zero-order chi connectivity index (χ0) is 43.0. The van der Waals surface area contributed by atoms with Crippen molar-refractivity contribution in [2.24, 2.45) is 0 Å². The van der Waals surface area contributed by atoms with E-state index in [4.69, 9.17) is 14.2 Å². The lowest BCUT2D eigenvalue weighted by Gasteiger charge is -2.18. The Morgan fingerprint density at radius 2 is 0.559 bits per heavy atom. The highest BCUT2D eigenvalue weighted by Crippen LogP contribution is 2.16. The number of carbonyl (C=O) groups is 3. The van der Waals surface area contributed by atoms with E-state index in [2.05, 4.69) is 32.9 Å². The molecule has 0 heterocycles. The van der Waals surface area contributed by atoms with Gasteiger partial charge in [-0.05, 0) is 44.9 Å². The second kappa shape index (κ2) is 48.8. The number of ether oxygens (including phenoxy) is 3. The van der Waals surface area contributed by atoms with Crippen molar-refractivity contribution in [3.63, 3.8) is 0 Å². The molecule has 0 N–H and O–H groups in total. The van der Waals surface area contributed by atoms with Gasteiger partial charge in [0.2, 0.25) is 0 Å². The third-order valence-corrected chi connectivity index (χ3v) is 11.8. The molecule has 0 aromatic carbocycles. The molecule has 1 atom stereocenters. The maximum atomic E-state index is 12.7. The van der Waals surface area contributed by atoms with E-state index in [-0.39, 0.29) is 31.1 Å². The molecule has 0 rings (SSSR count). The Bertz CT molecular complexity index is 916. The number of hydrogen-bond acceptors (Lipinski definition) is 6. The Labute approximate surface area is 367 Å². The van der Waals surface area contributed by atoms with Gasteiger partial charge in [0.05, 0.1) is 0 Å². The van der Waals surface area contributed by atoms with Crippen LogP contribution in [0.15, 0.2) is 12.2 Å². The molecule has 348 valence electrons. The minimum Gasteiger partial charge on any atom is -0.462 e. The summed E-state index contributed by atoms with van der Waals surface area (Å²) in [5, 5.41) is 0. The summed E-state index contributed by atoms with van der Waals surface area (Å²) in [6, 6.07) is 0. The normalized spacial score (nSPS) is 12.0. The summed E-state index contributed by atoms with van der Waals surface area (Å²) in [6.07, 6.45) is 53.5. The molecule has 0 aliphatic carbocycles. The Morgan fingerprint density at radius 1 is 0.322 bits per heavy atom. The van der Waals surface area contributed by atoms with E-state index in [0.717, 1.165) is 64.2 Å². The maximum Gasteiger partial charge on any atom is 0.306 e. The first kappa shape index (κ1) is 57.1. The molecule has 0 spiro atoms. The molecule has 1 unspecified atom stereocenters. The molecule has 0 aromatic heterocycles. The lowest BCUT2D eigenvalue weighted by molar-refractivity contribution is -0.167. The van der Waals surface area contributed by atoms with E-state index < -0.39 is 6.10 Å². The van der Waals surface area contributed by atoms with E-state index >= 15 is 0 Å². The SMILES string of the molecule is CCCCCC/C=C\CCCCCCCC(=O)OC(COC(=O)CCCCCCCCCC)COC(=O)CCCCCCCCCCCCCCCCCCCCCC. The van der Waals surface area contributed by atoms with E-state index in [1.807, 2.05) is 0 Å². The predicted molar refractivity (Wildman–Crippen MR) is 252 cm³/mol. The molecule has 0 fully saturated rings.